The highest BCUT2D eigenvalue weighted by Crippen LogP contribution is 2.16. The van der Waals surface area contributed by atoms with E-state index in [-0.39, 0.29) is 17.1 Å². The van der Waals surface area contributed by atoms with E-state index in [4.69, 9.17) is 17.0 Å². The summed E-state index contributed by atoms with van der Waals surface area (Å²) >= 11 is 6.51. The van der Waals surface area contributed by atoms with Crippen molar-refractivity contribution in [3.05, 3.63) is 34.8 Å². The summed E-state index contributed by atoms with van der Waals surface area (Å²) in [5, 5.41) is 15.1. The van der Waals surface area contributed by atoms with E-state index >= 15 is 0 Å². The SMILES string of the molecule is CCc1nnc(NC(=S)NC(=O)c2ccc(OC(C)C)cc2)s1. The van der Waals surface area contributed by atoms with Gasteiger partial charge >= 0.3 is 0 Å². The zero-order chi connectivity index (χ0) is 16.8. The maximum Gasteiger partial charge on any atom is 0.257 e. The van der Waals surface area contributed by atoms with Crippen LogP contribution in [0.4, 0.5) is 5.13 Å². The van der Waals surface area contributed by atoms with Crippen molar-refractivity contribution in [2.75, 3.05) is 5.32 Å². The number of ether oxygens (including phenoxy) is 1. The van der Waals surface area contributed by atoms with Gasteiger partial charge in [0.15, 0.2) is 5.11 Å². The van der Waals surface area contributed by atoms with Gasteiger partial charge in [-0.3, -0.25) is 10.1 Å². The molecule has 0 radical (unpaired) electrons. The number of amides is 1. The van der Waals surface area contributed by atoms with Crippen molar-refractivity contribution >= 4 is 39.7 Å². The van der Waals surface area contributed by atoms with Crippen molar-refractivity contribution < 1.29 is 9.53 Å². The molecule has 0 atom stereocenters. The maximum atomic E-state index is 12.1. The van der Waals surface area contributed by atoms with Gasteiger partial charge in [-0.25, -0.2) is 0 Å². The molecule has 0 saturated carbocycles. The van der Waals surface area contributed by atoms with Gasteiger partial charge in [0, 0.05) is 5.56 Å². The number of nitrogens with zero attached hydrogens (tertiary/aromatic N) is 2. The van der Waals surface area contributed by atoms with Gasteiger partial charge < -0.3 is 10.1 Å². The third kappa shape index (κ3) is 5.26. The van der Waals surface area contributed by atoms with Gasteiger partial charge in [0.05, 0.1) is 6.10 Å². The second kappa shape index (κ2) is 7.98. The fraction of sp³-hybridized carbons (Fsp3) is 0.333. The molecule has 1 aromatic carbocycles. The largest absolute Gasteiger partial charge is 0.491 e. The number of carbonyl (C=O) groups is 1. The minimum atomic E-state index is -0.293. The Morgan fingerprint density at radius 3 is 2.57 bits per heavy atom. The van der Waals surface area contributed by atoms with E-state index in [0.717, 1.165) is 17.2 Å². The summed E-state index contributed by atoms with van der Waals surface area (Å²) in [5.41, 5.74) is 0.497. The summed E-state index contributed by atoms with van der Waals surface area (Å²) in [6, 6.07) is 6.89. The summed E-state index contributed by atoms with van der Waals surface area (Å²) < 4.78 is 5.54. The summed E-state index contributed by atoms with van der Waals surface area (Å²) in [7, 11) is 0. The normalized spacial score (nSPS) is 10.4. The monoisotopic (exact) mass is 350 g/mol. The molecular weight excluding hydrogens is 332 g/mol. The average Bonchev–Trinajstić information content (AvgIpc) is 2.94. The number of nitrogens with one attached hydrogen (secondary N) is 2. The minimum absolute atomic E-state index is 0.0892. The molecule has 0 saturated heterocycles. The first-order chi connectivity index (χ1) is 11.0. The van der Waals surface area contributed by atoms with Crippen LogP contribution in [0.5, 0.6) is 5.75 Å². The van der Waals surface area contributed by atoms with E-state index in [0.29, 0.717) is 10.7 Å². The Kier molecular flexibility index (Phi) is 6.00. The highest BCUT2D eigenvalue weighted by Gasteiger charge is 2.10. The first-order valence-corrected chi connectivity index (χ1v) is 8.42. The molecular formula is C15H18N4O2S2. The number of hydrogen-bond donors (Lipinski definition) is 2. The number of hydrogen-bond acceptors (Lipinski definition) is 6. The number of benzene rings is 1. The first-order valence-electron chi connectivity index (χ1n) is 7.19. The first kappa shape index (κ1) is 17.3. The molecule has 0 aliphatic heterocycles. The number of thiocarbonyl (C=S) groups is 1. The molecule has 2 rings (SSSR count). The van der Waals surface area contributed by atoms with Crippen LogP contribution in [0, 0.1) is 0 Å². The standard InChI is InChI=1S/C15H18N4O2S2/c1-4-12-18-19-15(23-12)17-14(22)16-13(20)10-5-7-11(8-6-10)21-9(2)3/h5-9H,4H2,1-3H3,(H2,16,17,19,20,22). The van der Waals surface area contributed by atoms with E-state index in [2.05, 4.69) is 20.8 Å². The van der Waals surface area contributed by atoms with Crippen molar-refractivity contribution in [3.63, 3.8) is 0 Å². The van der Waals surface area contributed by atoms with Crippen molar-refractivity contribution in [3.8, 4) is 5.75 Å². The summed E-state index contributed by atoms with van der Waals surface area (Å²) in [6.45, 7) is 5.89. The molecule has 23 heavy (non-hydrogen) atoms. The summed E-state index contributed by atoms with van der Waals surface area (Å²) in [4.78, 5) is 12.1. The van der Waals surface area contributed by atoms with Gasteiger partial charge in [-0.2, -0.15) is 0 Å². The fourth-order valence-corrected chi connectivity index (χ4v) is 2.65. The van der Waals surface area contributed by atoms with Crippen molar-refractivity contribution in [2.24, 2.45) is 0 Å². The highest BCUT2D eigenvalue weighted by atomic mass is 32.1. The van der Waals surface area contributed by atoms with Gasteiger partial charge in [0.25, 0.3) is 5.91 Å². The molecule has 0 spiro atoms. The van der Waals surface area contributed by atoms with E-state index in [9.17, 15) is 4.79 Å². The molecule has 8 heteroatoms. The zero-order valence-corrected chi connectivity index (χ0v) is 14.8. The lowest BCUT2D eigenvalue weighted by Gasteiger charge is -2.10. The van der Waals surface area contributed by atoms with Gasteiger partial charge in [-0.15, -0.1) is 10.2 Å². The van der Waals surface area contributed by atoms with E-state index in [1.807, 2.05) is 20.8 Å². The Balaban J connectivity index is 1.91. The smallest absolute Gasteiger partial charge is 0.257 e. The number of carbonyl (C=O) groups excluding carboxylic acids is 1. The fourth-order valence-electron chi connectivity index (χ4n) is 1.71. The van der Waals surface area contributed by atoms with E-state index in [1.54, 1.807) is 24.3 Å². The Hall–Kier alpha value is -2.06. The Bertz CT molecular complexity index is 683. The molecule has 0 bridgehead atoms. The van der Waals surface area contributed by atoms with Crippen LogP contribution in [0.3, 0.4) is 0 Å². The van der Waals surface area contributed by atoms with Crippen molar-refractivity contribution in [1.82, 2.24) is 15.5 Å². The lowest BCUT2D eigenvalue weighted by molar-refractivity contribution is 0.0977. The molecule has 1 aromatic heterocycles. The van der Waals surface area contributed by atoms with Crippen LogP contribution in [0.15, 0.2) is 24.3 Å². The molecule has 0 aliphatic carbocycles. The minimum Gasteiger partial charge on any atom is -0.491 e. The molecule has 6 nitrogen and oxygen atoms in total. The predicted octanol–water partition coefficient (Wildman–Crippen LogP) is 3.01. The van der Waals surface area contributed by atoms with Gasteiger partial charge in [0.2, 0.25) is 5.13 Å². The van der Waals surface area contributed by atoms with Crippen molar-refractivity contribution in [2.45, 2.75) is 33.3 Å². The van der Waals surface area contributed by atoms with Gasteiger partial charge in [-0.1, -0.05) is 18.3 Å². The van der Waals surface area contributed by atoms with Crippen LogP contribution in [0.1, 0.15) is 36.1 Å². The Labute approximate surface area is 144 Å². The summed E-state index contributed by atoms with van der Waals surface area (Å²) in [6.07, 6.45) is 0.898. The lowest BCUT2D eigenvalue weighted by atomic mass is 10.2. The van der Waals surface area contributed by atoms with Crippen molar-refractivity contribution in [1.29, 1.82) is 0 Å². The second-order valence-electron chi connectivity index (χ2n) is 4.95. The van der Waals surface area contributed by atoms with E-state index < -0.39 is 0 Å². The molecule has 122 valence electrons. The van der Waals surface area contributed by atoms with Crippen LogP contribution >= 0.6 is 23.6 Å². The predicted molar refractivity (Wildman–Crippen MR) is 95.2 cm³/mol. The number of anilines is 1. The maximum absolute atomic E-state index is 12.1. The van der Waals surface area contributed by atoms with Crippen LogP contribution in [-0.4, -0.2) is 27.3 Å². The quantitative estimate of drug-likeness (QED) is 0.807. The van der Waals surface area contributed by atoms with Crippen LogP contribution in [0.25, 0.3) is 0 Å². The summed E-state index contributed by atoms with van der Waals surface area (Å²) in [5.74, 6) is 0.428. The topological polar surface area (TPSA) is 76.1 Å². The zero-order valence-electron chi connectivity index (χ0n) is 13.1. The lowest BCUT2D eigenvalue weighted by Crippen LogP contribution is -2.34. The molecule has 1 amide bonds. The van der Waals surface area contributed by atoms with Crippen LogP contribution < -0.4 is 15.4 Å². The molecule has 0 fully saturated rings. The van der Waals surface area contributed by atoms with Crippen LogP contribution in [-0.2, 0) is 6.42 Å². The van der Waals surface area contributed by atoms with E-state index in [1.165, 1.54) is 11.3 Å². The van der Waals surface area contributed by atoms with Gasteiger partial charge in [-0.05, 0) is 56.8 Å². The number of aromatic nitrogens is 2. The molecule has 1 heterocycles. The Morgan fingerprint density at radius 2 is 2.00 bits per heavy atom. The molecule has 0 aliphatic rings. The molecule has 0 unspecified atom stereocenters. The van der Waals surface area contributed by atoms with Crippen LogP contribution in [0.2, 0.25) is 0 Å². The van der Waals surface area contributed by atoms with Gasteiger partial charge in [0.1, 0.15) is 10.8 Å². The number of rotatable bonds is 5. The molecule has 2 N–H and O–H groups in total. The average molecular weight is 350 g/mol. The molecule has 2 aromatic rings. The third-order valence-corrected chi connectivity index (χ3v) is 3.89. The second-order valence-corrected chi connectivity index (χ2v) is 6.42. The highest BCUT2D eigenvalue weighted by molar-refractivity contribution is 7.80. The third-order valence-electron chi connectivity index (χ3n) is 2.71. The number of aryl methyl sites for hydroxylation is 1. The Morgan fingerprint density at radius 1 is 1.30 bits per heavy atom.